The van der Waals surface area contributed by atoms with Crippen LogP contribution in [0.2, 0.25) is 0 Å². The van der Waals surface area contributed by atoms with Crippen LogP contribution in [0.3, 0.4) is 0 Å². The van der Waals surface area contributed by atoms with Gasteiger partial charge in [0.05, 0.1) is 5.56 Å². The number of piperidine rings is 1. The minimum atomic E-state index is 0.429. The zero-order valence-corrected chi connectivity index (χ0v) is 11.2. The molecule has 0 radical (unpaired) electrons. The second kappa shape index (κ2) is 5.00. The molecule has 2 unspecified atom stereocenters. The molecule has 0 aliphatic carbocycles. The number of nitrogens with zero attached hydrogens (tertiary/aromatic N) is 2. The first-order valence-corrected chi connectivity index (χ1v) is 6.53. The number of aromatic nitrogens is 1. The topological polar surface area (TPSA) is 42.2 Å². The van der Waals surface area contributed by atoms with Crippen molar-refractivity contribution < 1.29 is 0 Å². The molecular formula is C13H19N3S. The predicted molar refractivity (Wildman–Crippen MR) is 75.3 cm³/mol. The van der Waals surface area contributed by atoms with Gasteiger partial charge in [-0.05, 0) is 37.8 Å². The first-order valence-electron chi connectivity index (χ1n) is 6.12. The van der Waals surface area contributed by atoms with Crippen molar-refractivity contribution >= 4 is 23.0 Å². The Kier molecular flexibility index (Phi) is 3.62. The molecule has 92 valence electrons. The summed E-state index contributed by atoms with van der Waals surface area (Å²) in [5, 5.41) is 0. The summed E-state index contributed by atoms with van der Waals surface area (Å²) in [4.78, 5) is 7.23. The van der Waals surface area contributed by atoms with Gasteiger partial charge in [0.15, 0.2) is 0 Å². The van der Waals surface area contributed by atoms with Gasteiger partial charge in [0.2, 0.25) is 0 Å². The van der Waals surface area contributed by atoms with Crippen LogP contribution < -0.4 is 10.6 Å². The Morgan fingerprint density at radius 3 is 3.00 bits per heavy atom. The van der Waals surface area contributed by atoms with Gasteiger partial charge in [-0.2, -0.15) is 0 Å². The van der Waals surface area contributed by atoms with E-state index in [0.717, 1.165) is 17.9 Å². The van der Waals surface area contributed by atoms with E-state index in [1.165, 1.54) is 12.8 Å². The van der Waals surface area contributed by atoms with Crippen molar-refractivity contribution in [2.24, 2.45) is 11.7 Å². The smallest absolute Gasteiger partial charge is 0.139 e. The largest absolute Gasteiger partial charge is 0.389 e. The van der Waals surface area contributed by atoms with E-state index in [0.29, 0.717) is 16.9 Å². The minimum absolute atomic E-state index is 0.429. The number of hydrogen-bond donors (Lipinski definition) is 1. The molecule has 1 saturated heterocycles. The average molecular weight is 249 g/mol. The lowest BCUT2D eigenvalue weighted by atomic mass is 9.92. The molecule has 4 heteroatoms. The minimum Gasteiger partial charge on any atom is -0.389 e. The molecule has 2 heterocycles. The second-order valence-corrected chi connectivity index (χ2v) is 5.23. The molecule has 17 heavy (non-hydrogen) atoms. The van der Waals surface area contributed by atoms with Gasteiger partial charge < -0.3 is 10.6 Å². The van der Waals surface area contributed by atoms with E-state index in [1.807, 2.05) is 18.3 Å². The summed E-state index contributed by atoms with van der Waals surface area (Å²) in [5.74, 6) is 1.63. The van der Waals surface area contributed by atoms with Crippen LogP contribution in [0.4, 0.5) is 5.82 Å². The Balaban J connectivity index is 2.36. The Labute approximate surface area is 108 Å². The lowest BCUT2D eigenvalue weighted by molar-refractivity contribution is 0.361. The van der Waals surface area contributed by atoms with Crippen molar-refractivity contribution in [1.82, 2.24) is 4.98 Å². The monoisotopic (exact) mass is 249 g/mol. The Morgan fingerprint density at radius 2 is 2.29 bits per heavy atom. The molecule has 1 fully saturated rings. The van der Waals surface area contributed by atoms with E-state index >= 15 is 0 Å². The van der Waals surface area contributed by atoms with Crippen molar-refractivity contribution in [2.75, 3.05) is 11.4 Å². The SMILES string of the molecule is CC1CCCN(c2ncccc2C(N)=S)C1C. The Hall–Kier alpha value is -1.16. The van der Waals surface area contributed by atoms with Gasteiger partial charge in [-0.3, -0.25) is 0 Å². The van der Waals surface area contributed by atoms with Crippen molar-refractivity contribution in [3.63, 3.8) is 0 Å². The van der Waals surface area contributed by atoms with Gasteiger partial charge >= 0.3 is 0 Å². The number of rotatable bonds is 2. The maximum absolute atomic E-state index is 5.77. The molecular weight excluding hydrogens is 230 g/mol. The zero-order chi connectivity index (χ0) is 12.4. The molecule has 1 aliphatic rings. The van der Waals surface area contributed by atoms with Crippen LogP contribution in [0.25, 0.3) is 0 Å². The summed E-state index contributed by atoms with van der Waals surface area (Å²) in [6.07, 6.45) is 4.30. The first kappa shape index (κ1) is 12.3. The Bertz CT molecular complexity index is 419. The zero-order valence-electron chi connectivity index (χ0n) is 10.4. The summed E-state index contributed by atoms with van der Waals surface area (Å²) in [6.45, 7) is 5.58. The van der Waals surface area contributed by atoms with Crippen LogP contribution in [0.1, 0.15) is 32.3 Å². The number of anilines is 1. The molecule has 1 aromatic heterocycles. The van der Waals surface area contributed by atoms with Crippen molar-refractivity contribution in [2.45, 2.75) is 32.7 Å². The van der Waals surface area contributed by atoms with Crippen LogP contribution in [0, 0.1) is 5.92 Å². The first-order chi connectivity index (χ1) is 8.11. The Morgan fingerprint density at radius 1 is 1.53 bits per heavy atom. The molecule has 2 atom stereocenters. The lowest BCUT2D eigenvalue weighted by Crippen LogP contribution is -2.43. The normalized spacial score (nSPS) is 24.7. The lowest BCUT2D eigenvalue weighted by Gasteiger charge is -2.39. The highest BCUT2D eigenvalue weighted by Gasteiger charge is 2.27. The fourth-order valence-corrected chi connectivity index (χ4v) is 2.61. The molecule has 1 aliphatic heterocycles. The third kappa shape index (κ3) is 2.41. The molecule has 0 aromatic carbocycles. The van der Waals surface area contributed by atoms with E-state index in [1.54, 1.807) is 0 Å². The maximum atomic E-state index is 5.77. The van der Waals surface area contributed by atoms with Gasteiger partial charge in [-0.15, -0.1) is 0 Å². The van der Waals surface area contributed by atoms with E-state index < -0.39 is 0 Å². The van der Waals surface area contributed by atoms with Gasteiger partial charge in [0, 0.05) is 18.8 Å². The van der Waals surface area contributed by atoms with E-state index in [-0.39, 0.29) is 0 Å². The molecule has 3 nitrogen and oxygen atoms in total. The number of hydrogen-bond acceptors (Lipinski definition) is 3. The van der Waals surface area contributed by atoms with E-state index in [4.69, 9.17) is 18.0 Å². The van der Waals surface area contributed by atoms with Crippen molar-refractivity contribution in [3.8, 4) is 0 Å². The molecule has 1 aromatic rings. The van der Waals surface area contributed by atoms with Crippen LogP contribution >= 0.6 is 12.2 Å². The van der Waals surface area contributed by atoms with Crippen LogP contribution in [-0.2, 0) is 0 Å². The number of thiocarbonyl (C=S) groups is 1. The molecule has 0 saturated carbocycles. The summed E-state index contributed by atoms with van der Waals surface area (Å²) in [5.41, 5.74) is 6.66. The number of nitrogens with two attached hydrogens (primary N) is 1. The predicted octanol–water partition coefficient (Wildman–Crippen LogP) is 2.34. The van der Waals surface area contributed by atoms with E-state index in [2.05, 4.69) is 23.7 Å². The number of pyridine rings is 1. The standard InChI is InChI=1S/C13H19N3S/c1-9-5-4-8-16(10(9)2)13-11(12(14)17)6-3-7-15-13/h3,6-7,9-10H,4-5,8H2,1-2H3,(H2,14,17). The van der Waals surface area contributed by atoms with Gasteiger partial charge in [0.1, 0.15) is 10.8 Å². The highest BCUT2D eigenvalue weighted by atomic mass is 32.1. The fraction of sp³-hybridized carbons (Fsp3) is 0.538. The van der Waals surface area contributed by atoms with Crippen LogP contribution in [0.15, 0.2) is 18.3 Å². The summed E-state index contributed by atoms with van der Waals surface area (Å²) >= 11 is 5.10. The quantitative estimate of drug-likeness (QED) is 0.817. The summed E-state index contributed by atoms with van der Waals surface area (Å²) in [6, 6.07) is 4.33. The molecule has 0 spiro atoms. The molecule has 0 amide bonds. The summed E-state index contributed by atoms with van der Waals surface area (Å²) < 4.78 is 0. The second-order valence-electron chi connectivity index (χ2n) is 4.79. The third-order valence-corrected chi connectivity index (χ3v) is 3.92. The molecule has 0 bridgehead atoms. The average Bonchev–Trinajstić information content (AvgIpc) is 2.33. The van der Waals surface area contributed by atoms with Crippen LogP contribution in [0.5, 0.6) is 0 Å². The highest BCUT2D eigenvalue weighted by Crippen LogP contribution is 2.29. The van der Waals surface area contributed by atoms with Crippen molar-refractivity contribution in [3.05, 3.63) is 23.9 Å². The van der Waals surface area contributed by atoms with Gasteiger partial charge in [0.25, 0.3) is 0 Å². The van der Waals surface area contributed by atoms with Crippen molar-refractivity contribution in [1.29, 1.82) is 0 Å². The van der Waals surface area contributed by atoms with Gasteiger partial charge in [-0.25, -0.2) is 4.98 Å². The van der Waals surface area contributed by atoms with Crippen LogP contribution in [-0.4, -0.2) is 22.6 Å². The third-order valence-electron chi connectivity index (χ3n) is 3.70. The molecule has 2 N–H and O–H groups in total. The fourth-order valence-electron chi connectivity index (χ4n) is 2.45. The maximum Gasteiger partial charge on any atom is 0.139 e. The summed E-state index contributed by atoms with van der Waals surface area (Å²) in [7, 11) is 0. The highest BCUT2D eigenvalue weighted by molar-refractivity contribution is 7.80. The van der Waals surface area contributed by atoms with E-state index in [9.17, 15) is 0 Å². The van der Waals surface area contributed by atoms with Gasteiger partial charge in [-0.1, -0.05) is 19.1 Å². The molecule has 2 rings (SSSR count).